The molecule has 2 heterocycles. The smallest absolute Gasteiger partial charge is 0.0926 e. The zero-order valence-electron chi connectivity index (χ0n) is 8.64. The molecule has 3 nitrogen and oxygen atoms in total. The predicted octanol–water partition coefficient (Wildman–Crippen LogP) is 1.57. The highest BCUT2D eigenvalue weighted by Gasteiger charge is 2.43. The fourth-order valence-corrected chi connectivity index (χ4v) is 3.10. The van der Waals surface area contributed by atoms with Gasteiger partial charge in [-0.1, -0.05) is 6.92 Å². The van der Waals surface area contributed by atoms with E-state index in [0.717, 1.165) is 18.9 Å². The molecule has 2 N–H and O–H groups in total. The number of rotatable bonds is 0. The van der Waals surface area contributed by atoms with Gasteiger partial charge in [0.25, 0.3) is 0 Å². The second kappa shape index (κ2) is 2.83. The normalized spacial score (nSPS) is 36.2. The SMILES string of the molecule is CC1CCC2(C1)NCCc1[nH]cnc12. The molecule has 14 heavy (non-hydrogen) atoms. The quantitative estimate of drug-likeness (QED) is 0.653. The zero-order chi connectivity index (χ0) is 9.60. The van der Waals surface area contributed by atoms with Crippen molar-refractivity contribution in [2.24, 2.45) is 5.92 Å². The van der Waals surface area contributed by atoms with Crippen LogP contribution in [0, 0.1) is 5.92 Å². The van der Waals surface area contributed by atoms with Crippen molar-refractivity contribution in [2.45, 2.75) is 38.1 Å². The lowest BCUT2D eigenvalue weighted by Crippen LogP contribution is -2.45. The highest BCUT2D eigenvalue weighted by molar-refractivity contribution is 5.26. The Morgan fingerprint density at radius 2 is 2.50 bits per heavy atom. The molecule has 0 amide bonds. The van der Waals surface area contributed by atoms with E-state index in [1.54, 1.807) is 0 Å². The van der Waals surface area contributed by atoms with Crippen LogP contribution >= 0.6 is 0 Å². The van der Waals surface area contributed by atoms with Gasteiger partial charge in [0.2, 0.25) is 0 Å². The van der Waals surface area contributed by atoms with Crippen LogP contribution in [-0.2, 0) is 12.0 Å². The van der Waals surface area contributed by atoms with Gasteiger partial charge in [-0.25, -0.2) is 4.98 Å². The van der Waals surface area contributed by atoms with Crippen LogP contribution in [0.1, 0.15) is 37.6 Å². The summed E-state index contributed by atoms with van der Waals surface area (Å²) in [7, 11) is 0. The maximum absolute atomic E-state index is 4.51. The van der Waals surface area contributed by atoms with Gasteiger partial charge in [0.15, 0.2) is 0 Å². The summed E-state index contributed by atoms with van der Waals surface area (Å²) in [6.45, 7) is 3.44. The van der Waals surface area contributed by atoms with Crippen molar-refractivity contribution in [1.29, 1.82) is 0 Å². The largest absolute Gasteiger partial charge is 0.348 e. The fraction of sp³-hybridized carbons (Fsp3) is 0.727. The van der Waals surface area contributed by atoms with Crippen LogP contribution in [-0.4, -0.2) is 16.5 Å². The van der Waals surface area contributed by atoms with E-state index < -0.39 is 0 Å². The lowest BCUT2D eigenvalue weighted by Gasteiger charge is -2.34. The first-order chi connectivity index (χ1) is 6.80. The molecule has 3 heteroatoms. The molecule has 76 valence electrons. The van der Waals surface area contributed by atoms with Gasteiger partial charge in [0, 0.05) is 18.7 Å². The zero-order valence-corrected chi connectivity index (χ0v) is 8.64. The van der Waals surface area contributed by atoms with E-state index >= 15 is 0 Å². The Hall–Kier alpha value is -0.830. The van der Waals surface area contributed by atoms with Crippen molar-refractivity contribution in [1.82, 2.24) is 15.3 Å². The van der Waals surface area contributed by atoms with Gasteiger partial charge in [0.1, 0.15) is 0 Å². The van der Waals surface area contributed by atoms with E-state index in [1.165, 1.54) is 30.7 Å². The third-order valence-electron chi connectivity index (χ3n) is 3.77. The first kappa shape index (κ1) is 8.48. The van der Waals surface area contributed by atoms with Gasteiger partial charge in [0.05, 0.1) is 17.6 Å². The van der Waals surface area contributed by atoms with Crippen molar-refractivity contribution < 1.29 is 0 Å². The Morgan fingerprint density at radius 1 is 1.57 bits per heavy atom. The predicted molar refractivity (Wildman–Crippen MR) is 55.0 cm³/mol. The Balaban J connectivity index is 2.03. The monoisotopic (exact) mass is 191 g/mol. The lowest BCUT2D eigenvalue weighted by molar-refractivity contribution is 0.305. The molecule has 0 saturated heterocycles. The van der Waals surface area contributed by atoms with E-state index in [9.17, 15) is 0 Å². The summed E-state index contributed by atoms with van der Waals surface area (Å²) in [6, 6.07) is 0. The fourth-order valence-electron chi connectivity index (χ4n) is 3.10. The molecule has 1 aromatic rings. The van der Waals surface area contributed by atoms with Crippen molar-refractivity contribution in [2.75, 3.05) is 6.54 Å². The van der Waals surface area contributed by atoms with E-state index in [-0.39, 0.29) is 5.54 Å². The number of hydrogen-bond acceptors (Lipinski definition) is 2. The minimum absolute atomic E-state index is 0.215. The maximum atomic E-state index is 4.51. The Labute approximate surface area is 84.3 Å². The molecule has 1 fully saturated rings. The summed E-state index contributed by atoms with van der Waals surface area (Å²) in [5.74, 6) is 0.838. The van der Waals surface area contributed by atoms with Crippen LogP contribution in [0.25, 0.3) is 0 Å². The summed E-state index contributed by atoms with van der Waals surface area (Å²) in [5, 5.41) is 3.68. The van der Waals surface area contributed by atoms with Crippen LogP contribution in [0.15, 0.2) is 6.33 Å². The van der Waals surface area contributed by atoms with Gasteiger partial charge >= 0.3 is 0 Å². The Kier molecular flexibility index (Phi) is 1.71. The lowest BCUT2D eigenvalue weighted by atomic mass is 9.87. The number of nitrogens with zero attached hydrogens (tertiary/aromatic N) is 1. The van der Waals surface area contributed by atoms with Crippen molar-refractivity contribution in [3.05, 3.63) is 17.7 Å². The molecule has 0 aromatic carbocycles. The van der Waals surface area contributed by atoms with Crippen LogP contribution in [0.3, 0.4) is 0 Å². The molecule has 0 bridgehead atoms. The molecule has 1 spiro atoms. The van der Waals surface area contributed by atoms with Gasteiger partial charge in [-0.05, 0) is 25.2 Å². The molecule has 2 atom stereocenters. The summed E-state index contributed by atoms with van der Waals surface area (Å²) in [4.78, 5) is 7.78. The highest BCUT2D eigenvalue weighted by Crippen LogP contribution is 2.43. The summed E-state index contributed by atoms with van der Waals surface area (Å²) in [6.07, 6.45) is 6.80. The topological polar surface area (TPSA) is 40.7 Å². The molecule has 0 radical (unpaired) electrons. The van der Waals surface area contributed by atoms with Crippen molar-refractivity contribution in [3.8, 4) is 0 Å². The van der Waals surface area contributed by atoms with E-state index in [0.29, 0.717) is 0 Å². The summed E-state index contributed by atoms with van der Waals surface area (Å²) < 4.78 is 0. The Morgan fingerprint density at radius 3 is 3.29 bits per heavy atom. The molecular weight excluding hydrogens is 174 g/mol. The minimum atomic E-state index is 0.215. The number of H-pyrrole nitrogens is 1. The minimum Gasteiger partial charge on any atom is -0.348 e. The standard InChI is InChI=1S/C11H17N3/c1-8-2-4-11(6-8)10-9(3-5-14-11)12-7-13-10/h7-8,14H,2-6H2,1H3,(H,12,13). The number of nitrogens with one attached hydrogen (secondary N) is 2. The van der Waals surface area contributed by atoms with Crippen LogP contribution < -0.4 is 5.32 Å². The third-order valence-corrected chi connectivity index (χ3v) is 3.77. The number of hydrogen-bond donors (Lipinski definition) is 2. The number of imidazole rings is 1. The second-order valence-corrected chi connectivity index (χ2v) is 4.84. The number of fused-ring (bicyclic) bond motifs is 2. The third kappa shape index (κ3) is 1.05. The van der Waals surface area contributed by atoms with Crippen molar-refractivity contribution in [3.63, 3.8) is 0 Å². The number of aromatic nitrogens is 2. The van der Waals surface area contributed by atoms with Gasteiger partial charge < -0.3 is 10.3 Å². The molecule has 2 unspecified atom stereocenters. The van der Waals surface area contributed by atoms with E-state index in [4.69, 9.17) is 0 Å². The number of aromatic amines is 1. The van der Waals surface area contributed by atoms with E-state index in [1.807, 2.05) is 6.33 Å². The Bertz CT molecular complexity index is 344. The average molecular weight is 191 g/mol. The molecular formula is C11H17N3. The van der Waals surface area contributed by atoms with Crippen LogP contribution in [0.4, 0.5) is 0 Å². The van der Waals surface area contributed by atoms with Crippen LogP contribution in [0.5, 0.6) is 0 Å². The molecule has 3 rings (SSSR count). The van der Waals surface area contributed by atoms with Crippen molar-refractivity contribution >= 4 is 0 Å². The highest BCUT2D eigenvalue weighted by atomic mass is 15.1. The molecule has 2 aliphatic rings. The van der Waals surface area contributed by atoms with Crippen LogP contribution in [0.2, 0.25) is 0 Å². The van der Waals surface area contributed by atoms with Gasteiger partial charge in [-0.2, -0.15) is 0 Å². The first-order valence-electron chi connectivity index (χ1n) is 5.58. The average Bonchev–Trinajstić information content (AvgIpc) is 2.75. The van der Waals surface area contributed by atoms with Gasteiger partial charge in [-0.3, -0.25) is 0 Å². The first-order valence-corrected chi connectivity index (χ1v) is 5.58. The van der Waals surface area contributed by atoms with E-state index in [2.05, 4.69) is 22.2 Å². The second-order valence-electron chi connectivity index (χ2n) is 4.84. The molecule has 1 aromatic heterocycles. The molecule has 1 aliphatic heterocycles. The van der Waals surface area contributed by atoms with Gasteiger partial charge in [-0.15, -0.1) is 0 Å². The summed E-state index contributed by atoms with van der Waals surface area (Å²) in [5.41, 5.74) is 2.87. The molecule has 1 saturated carbocycles. The molecule has 1 aliphatic carbocycles. The maximum Gasteiger partial charge on any atom is 0.0926 e. The summed E-state index contributed by atoms with van der Waals surface area (Å²) >= 11 is 0.